The number of benzene rings is 2. The molecule has 0 spiro atoms. The zero-order valence-corrected chi connectivity index (χ0v) is 16.0. The van der Waals surface area contributed by atoms with Gasteiger partial charge in [0.15, 0.2) is 0 Å². The van der Waals surface area contributed by atoms with E-state index in [9.17, 15) is 4.79 Å². The maximum Gasteiger partial charge on any atom is 0.249 e. The maximum atomic E-state index is 12.5. The van der Waals surface area contributed by atoms with E-state index in [0.717, 1.165) is 11.1 Å². The van der Waals surface area contributed by atoms with Gasteiger partial charge in [0.1, 0.15) is 6.04 Å². The summed E-state index contributed by atoms with van der Waals surface area (Å²) in [4.78, 5) is 18.9. The number of nitrogens with zero attached hydrogens (tertiary/aromatic N) is 3. The van der Waals surface area contributed by atoms with Gasteiger partial charge in [0.2, 0.25) is 17.6 Å². The van der Waals surface area contributed by atoms with Crippen molar-refractivity contribution in [1.82, 2.24) is 15.0 Å². The first-order chi connectivity index (χ1) is 13.0. The third-order valence-electron chi connectivity index (χ3n) is 5.00. The van der Waals surface area contributed by atoms with Gasteiger partial charge in [0.05, 0.1) is 0 Å². The predicted molar refractivity (Wildman–Crippen MR) is 103 cm³/mol. The average Bonchev–Trinajstić information content (AvgIpc) is 3.25. The third kappa shape index (κ3) is 3.60. The number of likely N-dealkylation sites (tertiary alicyclic amines) is 1. The van der Waals surface area contributed by atoms with E-state index in [1.54, 1.807) is 12.1 Å². The molecule has 1 amide bonds. The standard InChI is InChI=1S/C21H20ClN3O2/c1-13-3-4-16(14(2)11-13)12-25-18(9-10-19(25)26)21-23-20(24-27-21)15-5-7-17(22)8-6-15/h3-8,11,18H,9-10,12H2,1-2H3. The van der Waals surface area contributed by atoms with Crippen molar-refractivity contribution >= 4 is 17.5 Å². The molecule has 1 saturated heterocycles. The summed E-state index contributed by atoms with van der Waals surface area (Å²) >= 11 is 5.93. The smallest absolute Gasteiger partial charge is 0.249 e. The fourth-order valence-corrected chi connectivity index (χ4v) is 3.61. The van der Waals surface area contributed by atoms with Gasteiger partial charge < -0.3 is 9.42 Å². The van der Waals surface area contributed by atoms with Crippen LogP contribution in [-0.4, -0.2) is 20.9 Å². The van der Waals surface area contributed by atoms with E-state index in [0.29, 0.717) is 36.1 Å². The van der Waals surface area contributed by atoms with Crippen molar-refractivity contribution in [3.63, 3.8) is 0 Å². The molecule has 3 aromatic rings. The highest BCUT2D eigenvalue weighted by molar-refractivity contribution is 6.30. The lowest BCUT2D eigenvalue weighted by atomic mass is 10.0. The summed E-state index contributed by atoms with van der Waals surface area (Å²) in [5.74, 6) is 1.11. The highest BCUT2D eigenvalue weighted by atomic mass is 35.5. The van der Waals surface area contributed by atoms with E-state index in [-0.39, 0.29) is 11.9 Å². The van der Waals surface area contributed by atoms with Gasteiger partial charge >= 0.3 is 0 Å². The quantitative estimate of drug-likeness (QED) is 0.646. The Labute approximate surface area is 163 Å². The van der Waals surface area contributed by atoms with Gasteiger partial charge in [-0.15, -0.1) is 0 Å². The Morgan fingerprint density at radius 3 is 2.70 bits per heavy atom. The third-order valence-corrected chi connectivity index (χ3v) is 5.25. The van der Waals surface area contributed by atoms with Crippen LogP contribution in [0.15, 0.2) is 47.0 Å². The Kier molecular flexibility index (Phi) is 4.70. The van der Waals surface area contributed by atoms with Gasteiger partial charge in [-0.05, 0) is 55.7 Å². The topological polar surface area (TPSA) is 59.2 Å². The van der Waals surface area contributed by atoms with Crippen LogP contribution in [0.25, 0.3) is 11.4 Å². The summed E-state index contributed by atoms with van der Waals surface area (Å²) in [5.41, 5.74) is 4.36. The molecule has 138 valence electrons. The molecule has 1 fully saturated rings. The Morgan fingerprint density at radius 1 is 1.19 bits per heavy atom. The highest BCUT2D eigenvalue weighted by Gasteiger charge is 2.36. The Morgan fingerprint density at radius 2 is 1.96 bits per heavy atom. The molecule has 0 bridgehead atoms. The van der Waals surface area contributed by atoms with Crippen molar-refractivity contribution < 1.29 is 9.32 Å². The van der Waals surface area contributed by atoms with Gasteiger partial charge in [0.25, 0.3) is 0 Å². The average molecular weight is 382 g/mol. The SMILES string of the molecule is Cc1ccc(CN2C(=O)CCC2c2nc(-c3ccc(Cl)cc3)no2)c(C)c1. The van der Waals surface area contributed by atoms with Crippen LogP contribution in [-0.2, 0) is 11.3 Å². The molecular weight excluding hydrogens is 362 g/mol. The van der Waals surface area contributed by atoms with E-state index < -0.39 is 0 Å². The van der Waals surface area contributed by atoms with E-state index in [2.05, 4.69) is 42.2 Å². The van der Waals surface area contributed by atoms with E-state index >= 15 is 0 Å². The summed E-state index contributed by atoms with van der Waals surface area (Å²) in [7, 11) is 0. The van der Waals surface area contributed by atoms with Crippen LogP contribution >= 0.6 is 11.6 Å². The van der Waals surface area contributed by atoms with Gasteiger partial charge in [-0.25, -0.2) is 0 Å². The van der Waals surface area contributed by atoms with E-state index in [1.807, 2.05) is 17.0 Å². The Hall–Kier alpha value is -2.66. The second-order valence-electron chi connectivity index (χ2n) is 6.97. The van der Waals surface area contributed by atoms with Crippen LogP contribution in [0.2, 0.25) is 5.02 Å². The van der Waals surface area contributed by atoms with Crippen molar-refractivity contribution in [2.75, 3.05) is 0 Å². The molecule has 4 rings (SSSR count). The lowest BCUT2D eigenvalue weighted by molar-refractivity contribution is -0.130. The molecule has 2 aromatic carbocycles. The monoisotopic (exact) mass is 381 g/mol. The molecule has 1 atom stereocenters. The number of carbonyl (C=O) groups excluding carboxylic acids is 1. The van der Waals surface area contributed by atoms with Crippen LogP contribution in [0, 0.1) is 13.8 Å². The largest absolute Gasteiger partial charge is 0.337 e. The number of rotatable bonds is 4. The summed E-state index contributed by atoms with van der Waals surface area (Å²) in [6.45, 7) is 4.69. The maximum absolute atomic E-state index is 12.5. The van der Waals surface area contributed by atoms with Crippen molar-refractivity contribution in [1.29, 1.82) is 0 Å². The van der Waals surface area contributed by atoms with Crippen molar-refractivity contribution in [3.8, 4) is 11.4 Å². The first-order valence-corrected chi connectivity index (χ1v) is 9.34. The first kappa shape index (κ1) is 17.7. The van der Waals surface area contributed by atoms with Crippen molar-refractivity contribution in [2.45, 2.75) is 39.3 Å². The number of aromatic nitrogens is 2. The van der Waals surface area contributed by atoms with Gasteiger partial charge in [0, 0.05) is 23.6 Å². The molecule has 2 heterocycles. The molecule has 27 heavy (non-hydrogen) atoms. The molecule has 6 heteroatoms. The van der Waals surface area contributed by atoms with Gasteiger partial charge in [-0.3, -0.25) is 4.79 Å². The van der Waals surface area contributed by atoms with E-state index in [4.69, 9.17) is 16.1 Å². The lowest BCUT2D eigenvalue weighted by Crippen LogP contribution is -2.27. The van der Waals surface area contributed by atoms with Crippen LogP contribution < -0.4 is 0 Å². The fourth-order valence-electron chi connectivity index (χ4n) is 3.48. The molecule has 0 N–H and O–H groups in total. The molecular formula is C21H20ClN3O2. The van der Waals surface area contributed by atoms with Crippen LogP contribution in [0.4, 0.5) is 0 Å². The summed E-state index contributed by atoms with van der Waals surface area (Å²) < 4.78 is 5.51. The van der Waals surface area contributed by atoms with Gasteiger partial charge in [-0.2, -0.15) is 4.98 Å². The number of carbonyl (C=O) groups is 1. The predicted octanol–water partition coefficient (Wildman–Crippen LogP) is 4.87. The molecule has 5 nitrogen and oxygen atoms in total. The molecule has 1 unspecified atom stereocenters. The van der Waals surface area contributed by atoms with Crippen LogP contribution in [0.3, 0.4) is 0 Å². The number of amides is 1. The molecule has 0 aliphatic carbocycles. The zero-order chi connectivity index (χ0) is 19.0. The number of hydrogen-bond acceptors (Lipinski definition) is 4. The molecule has 0 saturated carbocycles. The van der Waals surface area contributed by atoms with Crippen molar-refractivity contribution in [2.24, 2.45) is 0 Å². The zero-order valence-electron chi connectivity index (χ0n) is 15.3. The molecule has 1 aromatic heterocycles. The summed E-state index contributed by atoms with van der Waals surface area (Å²) in [6, 6.07) is 13.4. The second-order valence-corrected chi connectivity index (χ2v) is 7.41. The lowest BCUT2D eigenvalue weighted by Gasteiger charge is -2.23. The minimum absolute atomic E-state index is 0.117. The first-order valence-electron chi connectivity index (χ1n) is 8.96. The highest BCUT2D eigenvalue weighted by Crippen LogP contribution is 2.34. The molecule has 1 aliphatic heterocycles. The summed E-state index contributed by atoms with van der Waals surface area (Å²) in [5, 5.41) is 4.75. The normalized spacial score (nSPS) is 16.9. The minimum atomic E-state index is -0.188. The van der Waals surface area contributed by atoms with Crippen molar-refractivity contribution in [3.05, 3.63) is 70.1 Å². The van der Waals surface area contributed by atoms with Crippen LogP contribution in [0.5, 0.6) is 0 Å². The fraction of sp³-hybridized carbons (Fsp3) is 0.286. The molecule has 0 radical (unpaired) electrons. The minimum Gasteiger partial charge on any atom is -0.337 e. The van der Waals surface area contributed by atoms with E-state index in [1.165, 1.54) is 11.1 Å². The Balaban J connectivity index is 1.59. The number of hydrogen-bond donors (Lipinski definition) is 0. The molecule has 1 aliphatic rings. The van der Waals surface area contributed by atoms with Gasteiger partial charge in [-0.1, -0.05) is 40.5 Å². The number of halogens is 1. The summed E-state index contributed by atoms with van der Waals surface area (Å²) in [6.07, 6.45) is 1.18. The van der Waals surface area contributed by atoms with Crippen LogP contribution in [0.1, 0.15) is 41.5 Å². The Bertz CT molecular complexity index is 981. The number of aryl methyl sites for hydroxylation is 2. The second kappa shape index (κ2) is 7.16.